The van der Waals surface area contributed by atoms with Gasteiger partial charge in [-0.3, -0.25) is 9.59 Å². The predicted octanol–water partition coefficient (Wildman–Crippen LogP) is 0.737. The molecule has 104 valence electrons. The van der Waals surface area contributed by atoms with E-state index in [0.717, 1.165) is 0 Å². The van der Waals surface area contributed by atoms with Crippen LogP contribution >= 0.6 is 0 Å². The molecule has 3 N–H and O–H groups in total. The molecule has 0 aliphatic carbocycles. The van der Waals surface area contributed by atoms with Crippen LogP contribution in [0.15, 0.2) is 18.2 Å². The molecular weight excluding hydrogens is 248 g/mol. The monoisotopic (exact) mass is 266 g/mol. The van der Waals surface area contributed by atoms with Gasteiger partial charge in [-0.05, 0) is 32.0 Å². The number of carbonyl (C=O) groups excluding carboxylic acids is 2. The number of amides is 2. The van der Waals surface area contributed by atoms with Gasteiger partial charge in [-0.15, -0.1) is 0 Å². The molecule has 1 aromatic carbocycles. The van der Waals surface area contributed by atoms with Gasteiger partial charge in [0.1, 0.15) is 0 Å². The summed E-state index contributed by atoms with van der Waals surface area (Å²) in [6, 6.07) is 4.14. The van der Waals surface area contributed by atoms with Crippen molar-refractivity contribution in [1.29, 1.82) is 0 Å². The summed E-state index contributed by atoms with van der Waals surface area (Å²) in [6.07, 6.45) is 0. The van der Waals surface area contributed by atoms with Gasteiger partial charge in [-0.1, -0.05) is 0 Å². The number of phenolic OH excluding ortho intramolecular Hbond substituents is 1. The second-order valence-electron chi connectivity index (χ2n) is 4.38. The molecule has 0 fully saturated rings. The lowest BCUT2D eigenvalue weighted by molar-refractivity contribution is -0.119. The van der Waals surface area contributed by atoms with Crippen molar-refractivity contribution >= 4 is 11.8 Å². The zero-order valence-corrected chi connectivity index (χ0v) is 11.2. The molecular formula is C13H18N2O4. The third-order valence-electron chi connectivity index (χ3n) is 2.64. The lowest BCUT2D eigenvalue weighted by Crippen LogP contribution is -2.42. The van der Waals surface area contributed by atoms with Crippen molar-refractivity contribution in [1.82, 2.24) is 4.90 Å². The van der Waals surface area contributed by atoms with Gasteiger partial charge < -0.3 is 20.5 Å². The van der Waals surface area contributed by atoms with E-state index in [9.17, 15) is 14.7 Å². The summed E-state index contributed by atoms with van der Waals surface area (Å²) in [6.45, 7) is 3.40. The Morgan fingerprint density at radius 2 is 2.05 bits per heavy atom. The fraction of sp³-hybridized carbons (Fsp3) is 0.385. The fourth-order valence-corrected chi connectivity index (χ4v) is 1.65. The molecule has 0 unspecified atom stereocenters. The molecule has 6 nitrogen and oxygen atoms in total. The van der Waals surface area contributed by atoms with Gasteiger partial charge in [0.2, 0.25) is 5.91 Å². The van der Waals surface area contributed by atoms with Gasteiger partial charge in [0.25, 0.3) is 5.91 Å². The molecule has 0 heterocycles. The van der Waals surface area contributed by atoms with Crippen LogP contribution in [0, 0.1) is 0 Å². The molecule has 0 aromatic heterocycles. The van der Waals surface area contributed by atoms with Gasteiger partial charge in [-0.25, -0.2) is 0 Å². The van der Waals surface area contributed by atoms with E-state index in [4.69, 9.17) is 10.5 Å². The van der Waals surface area contributed by atoms with Crippen molar-refractivity contribution in [3.05, 3.63) is 23.8 Å². The summed E-state index contributed by atoms with van der Waals surface area (Å²) in [4.78, 5) is 24.6. The van der Waals surface area contributed by atoms with E-state index in [2.05, 4.69) is 0 Å². The van der Waals surface area contributed by atoms with Gasteiger partial charge in [0.05, 0.1) is 13.7 Å². The summed E-state index contributed by atoms with van der Waals surface area (Å²) in [5, 5.41) is 9.66. The summed E-state index contributed by atoms with van der Waals surface area (Å²) in [5.41, 5.74) is 5.39. The fourth-order valence-electron chi connectivity index (χ4n) is 1.65. The SMILES string of the molecule is COc1ccc(C(=O)N(CC(N)=O)C(C)C)cc1O. The topological polar surface area (TPSA) is 92.9 Å². The number of nitrogens with two attached hydrogens (primary N) is 1. The molecule has 1 rings (SSSR count). The Hall–Kier alpha value is -2.24. The van der Waals surface area contributed by atoms with Crippen molar-refractivity contribution in [3.63, 3.8) is 0 Å². The maximum atomic E-state index is 12.2. The number of carbonyl (C=O) groups is 2. The van der Waals surface area contributed by atoms with E-state index in [1.807, 2.05) is 0 Å². The molecule has 0 atom stereocenters. The standard InChI is InChI=1S/C13H18N2O4/c1-8(2)15(7-12(14)17)13(18)9-4-5-11(19-3)10(16)6-9/h4-6,8,16H,7H2,1-3H3,(H2,14,17). The van der Waals surface area contributed by atoms with Crippen molar-refractivity contribution in [2.24, 2.45) is 5.73 Å². The Balaban J connectivity index is 3.03. The number of phenols is 1. The zero-order valence-electron chi connectivity index (χ0n) is 11.2. The average molecular weight is 266 g/mol. The van der Waals surface area contributed by atoms with Crippen LogP contribution in [-0.4, -0.2) is 41.5 Å². The highest BCUT2D eigenvalue weighted by molar-refractivity contribution is 5.97. The lowest BCUT2D eigenvalue weighted by Gasteiger charge is -2.25. The Kier molecular flexibility index (Phi) is 4.74. The largest absolute Gasteiger partial charge is 0.504 e. The second-order valence-corrected chi connectivity index (χ2v) is 4.38. The van der Waals surface area contributed by atoms with E-state index in [0.29, 0.717) is 0 Å². The van der Waals surface area contributed by atoms with Gasteiger partial charge >= 0.3 is 0 Å². The number of hydrogen-bond donors (Lipinski definition) is 2. The number of benzene rings is 1. The third kappa shape index (κ3) is 3.61. The molecule has 0 spiro atoms. The average Bonchev–Trinajstić information content (AvgIpc) is 2.34. The molecule has 6 heteroatoms. The highest BCUT2D eigenvalue weighted by Gasteiger charge is 2.21. The molecule has 0 aliphatic rings. The van der Waals surface area contributed by atoms with Crippen LogP contribution in [0.4, 0.5) is 0 Å². The summed E-state index contributed by atoms with van der Waals surface area (Å²) in [7, 11) is 1.42. The quantitative estimate of drug-likeness (QED) is 0.822. The first-order chi connectivity index (χ1) is 8.86. The van der Waals surface area contributed by atoms with E-state index < -0.39 is 5.91 Å². The van der Waals surface area contributed by atoms with Crippen LogP contribution in [0.3, 0.4) is 0 Å². The van der Waals surface area contributed by atoms with Crippen LogP contribution in [0.5, 0.6) is 11.5 Å². The van der Waals surface area contributed by atoms with Gasteiger partial charge in [-0.2, -0.15) is 0 Å². The Labute approximate surface area is 111 Å². The minimum Gasteiger partial charge on any atom is -0.504 e. The molecule has 2 amide bonds. The van der Waals surface area contributed by atoms with E-state index in [1.165, 1.54) is 30.2 Å². The smallest absolute Gasteiger partial charge is 0.254 e. The lowest BCUT2D eigenvalue weighted by atomic mass is 10.1. The Bertz CT molecular complexity index is 486. The number of rotatable bonds is 5. The number of ether oxygens (including phenoxy) is 1. The number of primary amides is 1. The molecule has 0 bridgehead atoms. The molecule has 0 saturated heterocycles. The first-order valence-corrected chi connectivity index (χ1v) is 5.83. The maximum Gasteiger partial charge on any atom is 0.254 e. The number of methoxy groups -OCH3 is 1. The van der Waals surface area contributed by atoms with Crippen LogP contribution < -0.4 is 10.5 Å². The number of aromatic hydroxyl groups is 1. The normalized spacial score (nSPS) is 10.3. The van der Waals surface area contributed by atoms with Crippen LogP contribution in [0.1, 0.15) is 24.2 Å². The predicted molar refractivity (Wildman–Crippen MR) is 70.0 cm³/mol. The summed E-state index contributed by atoms with van der Waals surface area (Å²) < 4.78 is 4.90. The molecule has 0 radical (unpaired) electrons. The first-order valence-electron chi connectivity index (χ1n) is 5.83. The summed E-state index contributed by atoms with van der Waals surface area (Å²) >= 11 is 0. The second kappa shape index (κ2) is 6.08. The molecule has 0 saturated carbocycles. The number of hydrogen-bond acceptors (Lipinski definition) is 4. The highest BCUT2D eigenvalue weighted by Crippen LogP contribution is 2.26. The maximum absolute atomic E-state index is 12.2. The minimum absolute atomic E-state index is 0.129. The van der Waals surface area contributed by atoms with Crippen molar-refractivity contribution in [2.45, 2.75) is 19.9 Å². The zero-order chi connectivity index (χ0) is 14.6. The third-order valence-corrected chi connectivity index (χ3v) is 2.64. The van der Waals surface area contributed by atoms with Crippen LogP contribution in [0.2, 0.25) is 0 Å². The van der Waals surface area contributed by atoms with Gasteiger partial charge in [0.15, 0.2) is 11.5 Å². The molecule has 0 aliphatic heterocycles. The highest BCUT2D eigenvalue weighted by atomic mass is 16.5. The van der Waals surface area contributed by atoms with E-state index in [-0.39, 0.29) is 35.6 Å². The minimum atomic E-state index is -0.584. The first kappa shape index (κ1) is 14.8. The molecule has 19 heavy (non-hydrogen) atoms. The van der Waals surface area contributed by atoms with Crippen molar-refractivity contribution < 1.29 is 19.4 Å². The van der Waals surface area contributed by atoms with Crippen LogP contribution in [-0.2, 0) is 4.79 Å². The van der Waals surface area contributed by atoms with Gasteiger partial charge in [0, 0.05) is 11.6 Å². The van der Waals surface area contributed by atoms with E-state index >= 15 is 0 Å². The summed E-state index contributed by atoms with van der Waals surface area (Å²) in [5.74, 6) is -0.801. The number of nitrogens with zero attached hydrogens (tertiary/aromatic N) is 1. The van der Waals surface area contributed by atoms with Crippen molar-refractivity contribution in [2.75, 3.05) is 13.7 Å². The van der Waals surface area contributed by atoms with Crippen LogP contribution in [0.25, 0.3) is 0 Å². The van der Waals surface area contributed by atoms with Crippen molar-refractivity contribution in [3.8, 4) is 11.5 Å². The molecule has 1 aromatic rings. The Morgan fingerprint density at radius 3 is 2.47 bits per heavy atom. The Morgan fingerprint density at radius 1 is 1.42 bits per heavy atom. The van der Waals surface area contributed by atoms with E-state index in [1.54, 1.807) is 13.8 Å².